The Morgan fingerprint density at radius 1 is 1.69 bits per heavy atom. The van der Waals surface area contributed by atoms with E-state index < -0.39 is 0 Å². The predicted octanol–water partition coefficient (Wildman–Crippen LogP) is 1.77. The second-order valence-electron chi connectivity index (χ2n) is 4.57. The van der Waals surface area contributed by atoms with Gasteiger partial charge in [0.05, 0.1) is 12.7 Å². The minimum absolute atomic E-state index is 0.241. The molecule has 92 valence electrons. The van der Waals surface area contributed by atoms with Gasteiger partial charge < -0.3 is 10.4 Å². The van der Waals surface area contributed by atoms with Crippen molar-refractivity contribution in [3.05, 3.63) is 0 Å². The lowest BCUT2D eigenvalue weighted by Gasteiger charge is -2.28. The summed E-state index contributed by atoms with van der Waals surface area (Å²) in [7, 11) is 1.89. The average molecular weight is 242 g/mol. The molecule has 0 aromatic rings. The first-order valence-electron chi connectivity index (χ1n) is 6.01. The first-order chi connectivity index (χ1) is 7.68. The molecule has 16 heavy (non-hydrogen) atoms. The second kappa shape index (κ2) is 6.48. The van der Waals surface area contributed by atoms with E-state index in [0.717, 1.165) is 31.4 Å². The van der Waals surface area contributed by atoms with Crippen LogP contribution in [0.2, 0.25) is 0 Å². The molecule has 0 radical (unpaired) electrons. The number of nitrogens with one attached hydrogen (secondary N) is 1. The van der Waals surface area contributed by atoms with E-state index in [1.165, 1.54) is 0 Å². The SMILES string of the molecule is CNC1(C#N)CCCC1CCSC(C)CO. The highest BCUT2D eigenvalue weighted by molar-refractivity contribution is 7.99. The molecule has 0 heterocycles. The Bertz CT molecular complexity index is 254. The molecule has 3 atom stereocenters. The van der Waals surface area contributed by atoms with Crippen LogP contribution < -0.4 is 5.32 Å². The molecular formula is C12H22N2OS. The first-order valence-corrected chi connectivity index (χ1v) is 7.06. The van der Waals surface area contributed by atoms with Gasteiger partial charge in [-0.15, -0.1) is 0 Å². The van der Waals surface area contributed by atoms with E-state index in [-0.39, 0.29) is 12.1 Å². The van der Waals surface area contributed by atoms with Crippen molar-refractivity contribution in [3.63, 3.8) is 0 Å². The quantitative estimate of drug-likeness (QED) is 0.745. The molecule has 0 aromatic heterocycles. The molecule has 3 unspecified atom stereocenters. The molecule has 1 aliphatic rings. The van der Waals surface area contributed by atoms with Crippen LogP contribution in [-0.4, -0.2) is 35.3 Å². The fourth-order valence-electron chi connectivity index (χ4n) is 2.46. The topological polar surface area (TPSA) is 56.0 Å². The molecule has 3 nitrogen and oxygen atoms in total. The number of thioether (sulfide) groups is 1. The summed E-state index contributed by atoms with van der Waals surface area (Å²) in [4.78, 5) is 0. The van der Waals surface area contributed by atoms with Gasteiger partial charge in [-0.25, -0.2) is 0 Å². The second-order valence-corrected chi connectivity index (χ2v) is 6.12. The molecule has 0 aromatic carbocycles. The zero-order chi connectivity index (χ0) is 12.0. The maximum atomic E-state index is 9.28. The molecular weight excluding hydrogens is 220 g/mol. The number of aliphatic hydroxyl groups is 1. The van der Waals surface area contributed by atoms with E-state index in [1.807, 2.05) is 14.0 Å². The summed E-state index contributed by atoms with van der Waals surface area (Å²) in [5, 5.41) is 21.7. The van der Waals surface area contributed by atoms with Gasteiger partial charge in [-0.2, -0.15) is 17.0 Å². The van der Waals surface area contributed by atoms with Crippen molar-refractivity contribution >= 4 is 11.8 Å². The summed E-state index contributed by atoms with van der Waals surface area (Å²) in [6, 6.07) is 2.46. The molecule has 0 aliphatic heterocycles. The summed E-state index contributed by atoms with van der Waals surface area (Å²) in [6.45, 7) is 2.28. The Labute approximate surface area is 103 Å². The normalized spacial score (nSPS) is 31.2. The minimum Gasteiger partial charge on any atom is -0.395 e. The van der Waals surface area contributed by atoms with Gasteiger partial charge in [-0.3, -0.25) is 0 Å². The first kappa shape index (κ1) is 13.8. The van der Waals surface area contributed by atoms with E-state index in [9.17, 15) is 5.26 Å². The van der Waals surface area contributed by atoms with Crippen LogP contribution in [0.15, 0.2) is 0 Å². The molecule has 0 saturated heterocycles. The third-order valence-electron chi connectivity index (χ3n) is 3.59. The van der Waals surface area contributed by atoms with Crippen LogP contribution in [-0.2, 0) is 0 Å². The molecule has 1 saturated carbocycles. The number of aliphatic hydroxyl groups excluding tert-OH is 1. The molecule has 0 spiro atoms. The van der Waals surface area contributed by atoms with E-state index in [4.69, 9.17) is 5.11 Å². The molecule has 2 N–H and O–H groups in total. The van der Waals surface area contributed by atoms with Crippen molar-refractivity contribution in [1.29, 1.82) is 5.26 Å². The highest BCUT2D eigenvalue weighted by Crippen LogP contribution is 2.38. The van der Waals surface area contributed by atoms with Crippen molar-refractivity contribution in [2.24, 2.45) is 5.92 Å². The minimum atomic E-state index is -0.289. The fraction of sp³-hybridized carbons (Fsp3) is 0.917. The summed E-state index contributed by atoms with van der Waals surface area (Å²) in [6.07, 6.45) is 4.36. The summed E-state index contributed by atoms with van der Waals surface area (Å²) in [5.74, 6) is 1.51. The van der Waals surface area contributed by atoms with Gasteiger partial charge in [0.1, 0.15) is 5.54 Å². The summed E-state index contributed by atoms with van der Waals surface area (Å²) >= 11 is 1.80. The maximum absolute atomic E-state index is 9.28. The average Bonchev–Trinajstić information content (AvgIpc) is 2.72. The van der Waals surface area contributed by atoms with Gasteiger partial charge in [0.25, 0.3) is 0 Å². The van der Waals surface area contributed by atoms with Gasteiger partial charge in [0, 0.05) is 5.25 Å². The molecule has 0 bridgehead atoms. The molecule has 1 fully saturated rings. The standard InChI is InChI=1S/C12H22N2OS/c1-10(8-15)16-7-5-11-4-3-6-12(11,9-13)14-2/h10-11,14-15H,3-8H2,1-2H3. The number of hydrogen-bond donors (Lipinski definition) is 2. The number of nitrogens with zero attached hydrogens (tertiary/aromatic N) is 1. The van der Waals surface area contributed by atoms with E-state index >= 15 is 0 Å². The van der Waals surface area contributed by atoms with Crippen LogP contribution in [0.3, 0.4) is 0 Å². The van der Waals surface area contributed by atoms with E-state index in [1.54, 1.807) is 11.8 Å². The van der Waals surface area contributed by atoms with Crippen LogP contribution in [0, 0.1) is 17.2 Å². The summed E-state index contributed by atoms with van der Waals surface area (Å²) in [5.41, 5.74) is -0.289. The number of hydrogen-bond acceptors (Lipinski definition) is 4. The van der Waals surface area contributed by atoms with Crippen LogP contribution in [0.25, 0.3) is 0 Å². The lowest BCUT2D eigenvalue weighted by atomic mass is 9.87. The molecule has 0 amide bonds. The summed E-state index contributed by atoms with van der Waals surface area (Å²) < 4.78 is 0. The number of rotatable bonds is 6. The van der Waals surface area contributed by atoms with Crippen LogP contribution in [0.4, 0.5) is 0 Å². The Hall–Kier alpha value is -0.240. The Kier molecular flexibility index (Phi) is 5.60. The highest BCUT2D eigenvalue weighted by atomic mass is 32.2. The maximum Gasteiger partial charge on any atom is 0.109 e. The highest BCUT2D eigenvalue weighted by Gasteiger charge is 2.41. The van der Waals surface area contributed by atoms with Crippen molar-refractivity contribution < 1.29 is 5.11 Å². The van der Waals surface area contributed by atoms with Gasteiger partial charge in [-0.05, 0) is 38.0 Å². The zero-order valence-electron chi connectivity index (χ0n) is 10.2. The third-order valence-corrected chi connectivity index (χ3v) is 4.78. The lowest BCUT2D eigenvalue weighted by Crippen LogP contribution is -2.45. The Morgan fingerprint density at radius 2 is 2.44 bits per heavy atom. The smallest absolute Gasteiger partial charge is 0.109 e. The van der Waals surface area contributed by atoms with Gasteiger partial charge in [0.15, 0.2) is 0 Å². The van der Waals surface area contributed by atoms with Gasteiger partial charge in [-0.1, -0.05) is 13.3 Å². The monoisotopic (exact) mass is 242 g/mol. The van der Waals surface area contributed by atoms with Crippen LogP contribution >= 0.6 is 11.8 Å². The zero-order valence-corrected chi connectivity index (χ0v) is 11.0. The van der Waals surface area contributed by atoms with Crippen molar-refractivity contribution in [1.82, 2.24) is 5.32 Å². The largest absolute Gasteiger partial charge is 0.395 e. The van der Waals surface area contributed by atoms with Crippen molar-refractivity contribution in [3.8, 4) is 6.07 Å². The lowest BCUT2D eigenvalue weighted by molar-refractivity contribution is 0.299. The third kappa shape index (κ3) is 3.13. The Morgan fingerprint density at radius 3 is 3.00 bits per heavy atom. The van der Waals surface area contributed by atoms with Crippen molar-refractivity contribution in [2.75, 3.05) is 19.4 Å². The number of nitriles is 1. The van der Waals surface area contributed by atoms with Crippen molar-refractivity contribution in [2.45, 2.75) is 43.4 Å². The van der Waals surface area contributed by atoms with Gasteiger partial charge in [0.2, 0.25) is 0 Å². The van der Waals surface area contributed by atoms with Crippen LogP contribution in [0.1, 0.15) is 32.6 Å². The van der Waals surface area contributed by atoms with E-state index in [2.05, 4.69) is 11.4 Å². The molecule has 1 aliphatic carbocycles. The van der Waals surface area contributed by atoms with E-state index in [0.29, 0.717) is 11.2 Å². The molecule has 4 heteroatoms. The predicted molar refractivity (Wildman–Crippen MR) is 68.4 cm³/mol. The van der Waals surface area contributed by atoms with Gasteiger partial charge >= 0.3 is 0 Å². The molecule has 1 rings (SSSR count). The van der Waals surface area contributed by atoms with Crippen LogP contribution in [0.5, 0.6) is 0 Å². The Balaban J connectivity index is 2.39. The fourth-order valence-corrected chi connectivity index (χ4v) is 3.39.